The van der Waals surface area contributed by atoms with Gasteiger partial charge in [0.25, 0.3) is 6.43 Å². The van der Waals surface area contributed by atoms with Gasteiger partial charge in [-0.1, -0.05) is 12.1 Å². The molecule has 3 nitrogen and oxygen atoms in total. The highest BCUT2D eigenvalue weighted by molar-refractivity contribution is 14.1. The van der Waals surface area contributed by atoms with E-state index >= 15 is 0 Å². The minimum absolute atomic E-state index is 0.232. The Labute approximate surface area is 127 Å². The third-order valence-corrected chi connectivity index (χ3v) is 3.99. The number of rotatable bonds is 2. The highest BCUT2D eigenvalue weighted by Gasteiger charge is 2.19. The smallest absolute Gasteiger partial charge is 0.275 e. The molecule has 6 heteroatoms. The van der Waals surface area contributed by atoms with E-state index in [0.717, 1.165) is 14.3 Å². The second kappa shape index (κ2) is 5.08. The molecule has 0 fully saturated rings. The monoisotopic (exact) mass is 385 g/mol. The lowest BCUT2D eigenvalue weighted by molar-refractivity contribution is 0.146. The third-order valence-electron chi connectivity index (χ3n) is 3.05. The summed E-state index contributed by atoms with van der Waals surface area (Å²) in [6.45, 7) is 0. The molecule has 0 atom stereocenters. The molecule has 1 aromatic carbocycles. The number of benzene rings is 1. The average molecular weight is 385 g/mol. The first-order valence-electron chi connectivity index (χ1n) is 5.92. The number of fused-ring (bicyclic) bond motifs is 1. The van der Waals surface area contributed by atoms with Gasteiger partial charge in [-0.3, -0.25) is 9.67 Å². The topological polar surface area (TPSA) is 30.7 Å². The summed E-state index contributed by atoms with van der Waals surface area (Å²) in [4.78, 5) is 4.30. The van der Waals surface area contributed by atoms with Crippen molar-refractivity contribution in [2.24, 2.45) is 7.05 Å². The summed E-state index contributed by atoms with van der Waals surface area (Å²) in [5.74, 6) is 0. The molecule has 0 bridgehead atoms. The Balaban J connectivity index is 2.20. The van der Waals surface area contributed by atoms with E-state index in [0.29, 0.717) is 11.3 Å². The predicted octanol–water partition coefficient (Wildman–Crippen LogP) is 4.18. The van der Waals surface area contributed by atoms with Crippen LogP contribution in [0.1, 0.15) is 12.1 Å². The summed E-state index contributed by atoms with van der Waals surface area (Å²) < 4.78 is 28.5. The summed E-state index contributed by atoms with van der Waals surface area (Å²) in [6.07, 6.45) is 0.678. The molecule has 0 N–H and O–H groups in total. The van der Waals surface area contributed by atoms with E-state index in [4.69, 9.17) is 0 Å². The molecule has 20 heavy (non-hydrogen) atoms. The number of nitrogens with zero attached hydrogens (tertiary/aromatic N) is 3. The van der Waals surface area contributed by atoms with Crippen LogP contribution in [0.5, 0.6) is 0 Å². The van der Waals surface area contributed by atoms with Crippen molar-refractivity contribution in [3.8, 4) is 11.3 Å². The third kappa shape index (κ3) is 2.28. The Morgan fingerprint density at radius 3 is 2.85 bits per heavy atom. The van der Waals surface area contributed by atoms with E-state index in [1.165, 1.54) is 4.68 Å². The Morgan fingerprint density at radius 2 is 2.10 bits per heavy atom. The van der Waals surface area contributed by atoms with Gasteiger partial charge in [0.1, 0.15) is 5.69 Å². The summed E-state index contributed by atoms with van der Waals surface area (Å²) in [6, 6.07) is 7.69. The van der Waals surface area contributed by atoms with E-state index < -0.39 is 6.43 Å². The highest BCUT2D eigenvalue weighted by Crippen LogP contribution is 2.31. The van der Waals surface area contributed by atoms with E-state index in [9.17, 15) is 8.78 Å². The molecule has 102 valence electrons. The largest absolute Gasteiger partial charge is 0.282 e. The summed E-state index contributed by atoms with van der Waals surface area (Å²) >= 11 is 2.23. The van der Waals surface area contributed by atoms with Gasteiger partial charge >= 0.3 is 0 Å². The van der Waals surface area contributed by atoms with Gasteiger partial charge in [-0.15, -0.1) is 0 Å². The first kappa shape index (κ1) is 13.4. The molecule has 0 spiro atoms. The van der Waals surface area contributed by atoms with Crippen molar-refractivity contribution in [1.82, 2.24) is 14.8 Å². The van der Waals surface area contributed by atoms with E-state index in [1.807, 2.05) is 24.3 Å². The molecule has 0 radical (unpaired) electrons. The molecule has 0 aliphatic rings. The zero-order chi connectivity index (χ0) is 14.3. The standard InChI is InChI=1S/C14H10F2IN3/c1-20-7-10(13(19-20)14(15)16)12-5-8-3-2-4-11(17)9(8)6-18-12/h2-7,14H,1H3. The van der Waals surface area contributed by atoms with Gasteiger partial charge in [-0.05, 0) is 40.1 Å². The highest BCUT2D eigenvalue weighted by atomic mass is 127. The maximum absolute atomic E-state index is 13.0. The van der Waals surface area contributed by atoms with Gasteiger partial charge in [-0.2, -0.15) is 5.10 Å². The first-order valence-corrected chi connectivity index (χ1v) is 7.00. The van der Waals surface area contributed by atoms with Crippen molar-refractivity contribution in [2.75, 3.05) is 0 Å². The minimum atomic E-state index is -2.61. The summed E-state index contributed by atoms with van der Waals surface area (Å²) in [5, 5.41) is 5.80. The van der Waals surface area contributed by atoms with Crippen molar-refractivity contribution in [2.45, 2.75) is 6.43 Å². The van der Waals surface area contributed by atoms with Crippen molar-refractivity contribution < 1.29 is 8.78 Å². The molecule has 0 saturated heterocycles. The van der Waals surface area contributed by atoms with Crippen molar-refractivity contribution in [3.05, 3.63) is 45.9 Å². The van der Waals surface area contributed by atoms with Crippen LogP contribution in [0.25, 0.3) is 22.0 Å². The average Bonchev–Trinajstić information content (AvgIpc) is 2.81. The molecule has 0 amide bonds. The number of hydrogen-bond donors (Lipinski definition) is 0. The molecule has 0 saturated carbocycles. The zero-order valence-corrected chi connectivity index (χ0v) is 12.7. The quantitative estimate of drug-likeness (QED) is 0.620. The maximum atomic E-state index is 13.0. The molecule has 2 heterocycles. The van der Waals surface area contributed by atoms with Crippen LogP contribution < -0.4 is 0 Å². The number of halogens is 3. The number of aryl methyl sites for hydroxylation is 1. The molecule has 3 rings (SSSR count). The van der Waals surface area contributed by atoms with Crippen LogP contribution in [0, 0.1) is 3.57 Å². The predicted molar refractivity (Wildman–Crippen MR) is 81.6 cm³/mol. The van der Waals surface area contributed by atoms with Crippen molar-refractivity contribution in [1.29, 1.82) is 0 Å². The SMILES string of the molecule is Cn1cc(-c2cc3cccc(I)c3cn2)c(C(F)F)n1. The Bertz CT molecular complexity index is 783. The number of pyridine rings is 1. The van der Waals surface area contributed by atoms with Crippen LogP contribution >= 0.6 is 22.6 Å². The Kier molecular flexibility index (Phi) is 3.41. The van der Waals surface area contributed by atoms with E-state index in [-0.39, 0.29) is 5.69 Å². The second-order valence-electron chi connectivity index (χ2n) is 4.43. The number of alkyl halides is 2. The lowest BCUT2D eigenvalue weighted by atomic mass is 10.1. The van der Waals surface area contributed by atoms with Crippen LogP contribution in [0.2, 0.25) is 0 Å². The van der Waals surface area contributed by atoms with E-state index in [1.54, 1.807) is 19.4 Å². The normalized spacial score (nSPS) is 11.4. The van der Waals surface area contributed by atoms with Crippen LogP contribution in [-0.2, 0) is 7.05 Å². The van der Waals surface area contributed by atoms with E-state index in [2.05, 4.69) is 32.7 Å². The molecule has 0 aliphatic carbocycles. The molecule has 0 aliphatic heterocycles. The lowest BCUT2D eigenvalue weighted by Crippen LogP contribution is -1.92. The zero-order valence-electron chi connectivity index (χ0n) is 10.5. The van der Waals surface area contributed by atoms with Crippen LogP contribution in [0.4, 0.5) is 8.78 Å². The van der Waals surface area contributed by atoms with Gasteiger partial charge in [-0.25, -0.2) is 8.78 Å². The molecule has 2 aromatic heterocycles. The number of hydrogen-bond acceptors (Lipinski definition) is 2. The van der Waals surface area contributed by atoms with Gasteiger partial charge < -0.3 is 0 Å². The van der Waals surface area contributed by atoms with Gasteiger partial charge in [0.05, 0.1) is 5.69 Å². The molecular weight excluding hydrogens is 375 g/mol. The van der Waals surface area contributed by atoms with Crippen molar-refractivity contribution >= 4 is 33.4 Å². The van der Waals surface area contributed by atoms with Crippen LogP contribution in [0.3, 0.4) is 0 Å². The summed E-state index contributed by atoms with van der Waals surface area (Å²) in [7, 11) is 1.62. The fourth-order valence-corrected chi connectivity index (χ4v) is 2.80. The first-order chi connectivity index (χ1) is 9.56. The molecule has 3 aromatic rings. The van der Waals surface area contributed by atoms with Gasteiger partial charge in [0.2, 0.25) is 0 Å². The number of aromatic nitrogens is 3. The maximum Gasteiger partial charge on any atom is 0.282 e. The molecule has 0 unspecified atom stereocenters. The minimum Gasteiger partial charge on any atom is -0.275 e. The second-order valence-corrected chi connectivity index (χ2v) is 5.60. The fraction of sp³-hybridized carbons (Fsp3) is 0.143. The van der Waals surface area contributed by atoms with Crippen LogP contribution in [0.15, 0.2) is 36.7 Å². The van der Waals surface area contributed by atoms with Gasteiger partial charge in [0.15, 0.2) is 0 Å². The fourth-order valence-electron chi connectivity index (χ4n) is 2.15. The Hall–Kier alpha value is -1.57. The van der Waals surface area contributed by atoms with Crippen molar-refractivity contribution in [3.63, 3.8) is 0 Å². The van der Waals surface area contributed by atoms with Gasteiger partial charge in [0, 0.05) is 34.0 Å². The summed E-state index contributed by atoms with van der Waals surface area (Å²) in [5.41, 5.74) is 0.663. The Morgan fingerprint density at radius 1 is 1.30 bits per heavy atom. The molecular formula is C14H10F2IN3. The van der Waals surface area contributed by atoms with Crippen LogP contribution in [-0.4, -0.2) is 14.8 Å². The lowest BCUT2D eigenvalue weighted by Gasteiger charge is -2.04.